The summed E-state index contributed by atoms with van der Waals surface area (Å²) < 4.78 is 35.5. The zero-order valence-corrected chi connectivity index (χ0v) is 48.7. The van der Waals surface area contributed by atoms with Crippen molar-refractivity contribution in [2.45, 2.75) is 192 Å². The van der Waals surface area contributed by atoms with Crippen LogP contribution in [0.4, 0.5) is 0 Å². The van der Waals surface area contributed by atoms with E-state index in [2.05, 4.69) is 77.7 Å². The first-order chi connectivity index (χ1) is 35.5. The van der Waals surface area contributed by atoms with Gasteiger partial charge in [0.1, 0.15) is 23.9 Å². The number of carbonyl (C=O) groups is 1. The SMILES string of the molecule is CC[C@H]1OC(=O)[C@H](C)[C@@H](O)[C@H](C)[C@@H](O[C@@H]2O[C@H](C)C[C@H](N(C)C)[C@H]2O)[C@](C)(O)C[C@@H](C)CN(CCCCCCCCCC[PH](c2ccc(OC)cc2)(c2ccc(OC)cc2)c2ccc(OC)cc2)[C@H](C)[C@@H](O)[C@]1(C)O. The standard InChI is InChI=1S/C60H97N2O12P/c1-14-52-60(8,68)55(65)44(6)62(39-40(2)38-59(7,67)56(42(4)53(63)43(5)57(66)73-52)74-58-54(64)51(61(9)10)37-41(3)72-58)35-21-19-17-15-16-18-20-22-36-75(48-29-23-45(69-11)24-30-48,49-31-25-46(70-12)26-32-49)50-33-27-47(71-13)28-34-50/h23-34,40-44,51-56,58,63-65,67-68,75H,14-22,35-39H2,1-13H3/t40-,41-,42+,43-,44-,51+,52-,53+,54-,55-,56-,58+,59-,60-/m1/s1. The van der Waals surface area contributed by atoms with Crippen LogP contribution in [-0.2, 0) is 19.0 Å². The molecule has 424 valence electrons. The van der Waals surface area contributed by atoms with Gasteiger partial charge in [-0.3, -0.25) is 4.79 Å². The topological polar surface area (TPSA) is 180 Å². The maximum atomic E-state index is 13.8. The van der Waals surface area contributed by atoms with E-state index >= 15 is 0 Å². The Bertz CT molecular complexity index is 2030. The Hall–Kier alpha value is -3.40. The van der Waals surface area contributed by atoms with E-state index in [1.54, 1.807) is 49.0 Å². The van der Waals surface area contributed by atoms with Crippen LogP contribution < -0.4 is 30.1 Å². The molecule has 14 atom stereocenters. The molecule has 5 rings (SSSR count). The van der Waals surface area contributed by atoms with E-state index < -0.39 is 79.1 Å². The van der Waals surface area contributed by atoms with Gasteiger partial charge in [-0.15, -0.1) is 0 Å². The van der Waals surface area contributed by atoms with Crippen LogP contribution in [0.5, 0.6) is 17.2 Å². The van der Waals surface area contributed by atoms with Crippen LogP contribution in [0.1, 0.15) is 126 Å². The molecule has 0 unspecified atom stereocenters. The van der Waals surface area contributed by atoms with Crippen molar-refractivity contribution >= 4 is 29.1 Å². The molecule has 3 aromatic rings. The van der Waals surface area contributed by atoms with Gasteiger partial charge >= 0.3 is 236 Å². The van der Waals surface area contributed by atoms with Crippen LogP contribution >= 0.6 is 7.26 Å². The molecule has 3 aromatic carbocycles. The summed E-state index contributed by atoms with van der Waals surface area (Å²) in [6.45, 7) is 15.3. The predicted octanol–water partition coefficient (Wildman–Crippen LogP) is 7.22. The third-order valence-corrected chi connectivity index (χ3v) is 21.8. The van der Waals surface area contributed by atoms with E-state index in [0.29, 0.717) is 19.5 Å². The van der Waals surface area contributed by atoms with Crippen molar-refractivity contribution in [3.05, 3.63) is 72.8 Å². The number of benzene rings is 3. The number of hydrogen-bond acceptors (Lipinski definition) is 14. The molecule has 0 radical (unpaired) electrons. The monoisotopic (exact) mass is 1070 g/mol. The smallest absolute Gasteiger partial charge is 0.388 e. The van der Waals surface area contributed by atoms with Gasteiger partial charge in [-0.25, -0.2) is 0 Å². The summed E-state index contributed by atoms with van der Waals surface area (Å²) in [6.07, 6.45) is 3.43. The molecule has 15 heteroatoms. The average molecular weight is 1070 g/mol. The molecule has 0 aromatic heterocycles. The number of unbranched alkanes of at least 4 members (excludes halogenated alkanes) is 7. The third kappa shape index (κ3) is 15.7. The van der Waals surface area contributed by atoms with Crippen LogP contribution in [0, 0.1) is 17.8 Å². The summed E-state index contributed by atoms with van der Waals surface area (Å²) in [5.74, 6) is -0.276. The molecule has 2 aliphatic rings. The Balaban J connectivity index is 1.27. The predicted molar refractivity (Wildman–Crippen MR) is 302 cm³/mol. The Labute approximate surface area is 450 Å². The Morgan fingerprint density at radius 2 is 1.17 bits per heavy atom. The van der Waals surface area contributed by atoms with Crippen LogP contribution in [0.2, 0.25) is 0 Å². The van der Waals surface area contributed by atoms with Crippen molar-refractivity contribution in [3.63, 3.8) is 0 Å². The van der Waals surface area contributed by atoms with Gasteiger partial charge in [-0.1, -0.05) is 20.8 Å². The van der Waals surface area contributed by atoms with E-state index in [1.807, 2.05) is 39.8 Å². The molecule has 2 heterocycles. The molecule has 5 N–H and O–H groups in total. The molecule has 2 saturated heterocycles. The number of aliphatic hydroxyl groups excluding tert-OH is 3. The Morgan fingerprint density at radius 3 is 1.63 bits per heavy atom. The quantitative estimate of drug-likeness (QED) is 0.0410. The fourth-order valence-corrected chi connectivity index (χ4v) is 17.1. The summed E-state index contributed by atoms with van der Waals surface area (Å²) in [4.78, 5) is 18.0. The molecule has 2 aliphatic heterocycles. The Kier molecular flexibility index (Phi) is 23.7. The number of cyclic esters (lactones) is 1. The first kappa shape index (κ1) is 62.4. The van der Waals surface area contributed by atoms with Crippen molar-refractivity contribution < 1.29 is 58.7 Å². The maximum absolute atomic E-state index is 13.8. The normalized spacial score (nSPS) is 32.0. The van der Waals surface area contributed by atoms with Gasteiger partial charge in [0.05, 0.1) is 29.8 Å². The van der Waals surface area contributed by atoms with E-state index in [4.69, 9.17) is 28.4 Å². The minimum absolute atomic E-state index is 0.149. The van der Waals surface area contributed by atoms with Crippen LogP contribution in [-0.4, -0.2) is 162 Å². The van der Waals surface area contributed by atoms with Gasteiger partial charge in [-0.2, -0.15) is 0 Å². The molecule has 0 saturated carbocycles. The van der Waals surface area contributed by atoms with Crippen LogP contribution in [0.15, 0.2) is 72.8 Å². The number of aliphatic hydroxyl groups is 5. The molecule has 0 amide bonds. The Morgan fingerprint density at radius 1 is 0.707 bits per heavy atom. The number of carbonyl (C=O) groups excluding carboxylic acids is 1. The van der Waals surface area contributed by atoms with Crippen molar-refractivity contribution in [1.29, 1.82) is 0 Å². The number of methoxy groups -OCH3 is 3. The number of esters is 1. The molecule has 75 heavy (non-hydrogen) atoms. The molecule has 0 spiro atoms. The first-order valence-electron chi connectivity index (χ1n) is 27.9. The van der Waals surface area contributed by atoms with Gasteiger partial charge < -0.3 is 44.6 Å². The summed E-state index contributed by atoms with van der Waals surface area (Å²) >= 11 is 0. The van der Waals surface area contributed by atoms with Gasteiger partial charge in [-0.05, 0) is 73.9 Å². The minimum Gasteiger partial charge on any atom is -0.388 e. The second kappa shape index (κ2) is 28.5. The van der Waals surface area contributed by atoms with Gasteiger partial charge in [0.2, 0.25) is 0 Å². The van der Waals surface area contributed by atoms with Gasteiger partial charge in [0.15, 0.2) is 6.29 Å². The summed E-state index contributed by atoms with van der Waals surface area (Å²) in [6, 6.07) is 25.1. The van der Waals surface area contributed by atoms with Crippen LogP contribution in [0.3, 0.4) is 0 Å². The van der Waals surface area contributed by atoms with Gasteiger partial charge in [0.25, 0.3) is 0 Å². The third-order valence-electron chi connectivity index (χ3n) is 16.8. The molecular formula is C60H97N2O12P. The van der Waals surface area contributed by atoms with Crippen molar-refractivity contribution in [2.75, 3.05) is 54.7 Å². The first-order valence-corrected chi connectivity index (χ1v) is 30.1. The van der Waals surface area contributed by atoms with Crippen molar-refractivity contribution in [3.8, 4) is 17.2 Å². The van der Waals surface area contributed by atoms with E-state index in [9.17, 15) is 30.3 Å². The fourth-order valence-electron chi connectivity index (χ4n) is 12.2. The summed E-state index contributed by atoms with van der Waals surface area (Å²) in [5, 5.41) is 63.9. The molecule has 0 aliphatic carbocycles. The summed E-state index contributed by atoms with van der Waals surface area (Å²) in [5.41, 5.74) is -3.37. The van der Waals surface area contributed by atoms with E-state index in [0.717, 1.165) is 74.8 Å². The number of hydrogen-bond donors (Lipinski definition) is 5. The molecule has 0 bridgehead atoms. The molecule has 2 fully saturated rings. The number of nitrogens with zero attached hydrogens (tertiary/aromatic N) is 2. The zero-order chi connectivity index (χ0) is 55.3. The van der Waals surface area contributed by atoms with Crippen LogP contribution in [0.25, 0.3) is 0 Å². The van der Waals surface area contributed by atoms with Crippen molar-refractivity contribution in [1.82, 2.24) is 9.80 Å². The zero-order valence-electron chi connectivity index (χ0n) is 47.7. The number of ether oxygens (including phenoxy) is 6. The van der Waals surface area contributed by atoms with Crippen molar-refractivity contribution in [2.24, 2.45) is 17.8 Å². The number of likely N-dealkylation sites (N-methyl/N-ethyl adjacent to an activating group) is 1. The summed E-state index contributed by atoms with van der Waals surface area (Å²) in [7, 11) is 6.39. The van der Waals surface area contributed by atoms with E-state index in [-0.39, 0.29) is 30.9 Å². The molecular weight excluding hydrogens is 972 g/mol. The minimum atomic E-state index is -2.51. The average Bonchev–Trinajstić information content (AvgIpc) is 3.39. The van der Waals surface area contributed by atoms with E-state index in [1.165, 1.54) is 22.8 Å². The molecule has 14 nitrogen and oxygen atoms in total. The fraction of sp³-hybridized carbons (Fsp3) is 0.683. The number of rotatable bonds is 21. The second-order valence-corrected chi connectivity index (χ2v) is 26.9. The van der Waals surface area contributed by atoms with Gasteiger partial charge in [0, 0.05) is 12.0 Å². The second-order valence-electron chi connectivity index (χ2n) is 22.8.